The van der Waals surface area contributed by atoms with Crippen molar-refractivity contribution in [3.05, 3.63) is 40.5 Å². The minimum atomic E-state index is -3.32. The fourth-order valence-corrected chi connectivity index (χ4v) is 5.58. The number of rotatable bonds is 6. The van der Waals surface area contributed by atoms with Gasteiger partial charge in [-0.15, -0.1) is 0 Å². The number of fused-ring (bicyclic) bond motifs is 1. The van der Waals surface area contributed by atoms with E-state index in [-0.39, 0.29) is 12.1 Å². The van der Waals surface area contributed by atoms with Crippen molar-refractivity contribution in [3.63, 3.8) is 0 Å². The Morgan fingerprint density at radius 1 is 1.15 bits per heavy atom. The van der Waals surface area contributed by atoms with Crippen LogP contribution in [0.2, 0.25) is 5.02 Å². The van der Waals surface area contributed by atoms with Gasteiger partial charge in [-0.1, -0.05) is 36.4 Å². The summed E-state index contributed by atoms with van der Waals surface area (Å²) < 4.78 is 26.4. The highest BCUT2D eigenvalue weighted by atomic mass is 35.5. The maximum absolute atomic E-state index is 11.8. The Labute approximate surface area is 206 Å². The lowest BCUT2D eigenvalue weighted by molar-refractivity contribution is 0.379. The number of hydrogen-bond acceptors (Lipinski definition) is 7. The van der Waals surface area contributed by atoms with Gasteiger partial charge in [0.15, 0.2) is 5.82 Å². The van der Waals surface area contributed by atoms with Crippen molar-refractivity contribution in [1.29, 1.82) is 0 Å². The van der Waals surface area contributed by atoms with Crippen LogP contribution in [0.4, 0.5) is 17.5 Å². The molecule has 0 radical (unpaired) electrons. The predicted octanol–water partition coefficient (Wildman–Crippen LogP) is 3.21. The first-order chi connectivity index (χ1) is 16.3. The van der Waals surface area contributed by atoms with E-state index in [0.29, 0.717) is 16.8 Å². The standard InChI is InChI=1S/C24H31ClN6O2S/c1-3-14-31(19-9-8-17-10-12-26-13-11-18(17)15-19)24-27-16-20(25)23(29-24)28-21-6-4-5-7-22(21)30-34(2,32)33/h8-9,15-16,21-22,26,30H,4-7,10-13H2,1-2H3,(H,27,28,29)/t21-,22-/m1/s1. The highest BCUT2D eigenvalue weighted by molar-refractivity contribution is 7.88. The Balaban J connectivity index is 1.62. The Morgan fingerprint density at radius 2 is 1.88 bits per heavy atom. The molecule has 1 fully saturated rings. The topological polar surface area (TPSA) is 99.2 Å². The van der Waals surface area contributed by atoms with E-state index >= 15 is 0 Å². The summed E-state index contributed by atoms with van der Waals surface area (Å²) in [6.45, 7) is 3.71. The van der Waals surface area contributed by atoms with Gasteiger partial charge in [-0.05, 0) is 69.0 Å². The molecule has 0 unspecified atom stereocenters. The molecule has 1 aromatic heterocycles. The molecule has 2 aromatic rings. The molecule has 1 aliphatic heterocycles. The van der Waals surface area contributed by atoms with Crippen molar-refractivity contribution in [3.8, 4) is 12.0 Å². The third kappa shape index (κ3) is 6.19. The lowest BCUT2D eigenvalue weighted by Gasteiger charge is -2.32. The van der Waals surface area contributed by atoms with Crippen molar-refractivity contribution >= 4 is 39.1 Å². The van der Waals surface area contributed by atoms with Gasteiger partial charge in [0.05, 0.1) is 18.1 Å². The first kappa shape index (κ1) is 24.7. The monoisotopic (exact) mass is 502 g/mol. The summed E-state index contributed by atoms with van der Waals surface area (Å²) in [5.74, 6) is 3.85. The quantitative estimate of drug-likeness (QED) is 0.412. The summed E-state index contributed by atoms with van der Waals surface area (Å²) in [5.41, 5.74) is 3.55. The van der Waals surface area contributed by atoms with Gasteiger partial charge < -0.3 is 10.6 Å². The van der Waals surface area contributed by atoms with E-state index < -0.39 is 10.0 Å². The summed E-state index contributed by atoms with van der Waals surface area (Å²) in [5, 5.41) is 7.19. The zero-order valence-corrected chi connectivity index (χ0v) is 21.1. The molecule has 2 atom stereocenters. The SMILES string of the molecule is CC#CN(c1ccc2c(c1)CCNCC2)c1ncc(Cl)c(N[C@@H]2CCCC[C@H]2NS(C)(=O)=O)n1. The van der Waals surface area contributed by atoms with Crippen LogP contribution in [0.5, 0.6) is 0 Å². The molecule has 1 saturated carbocycles. The highest BCUT2D eigenvalue weighted by Gasteiger charge is 2.28. The molecule has 0 amide bonds. The summed E-state index contributed by atoms with van der Waals surface area (Å²) in [4.78, 5) is 10.9. The minimum absolute atomic E-state index is 0.116. The van der Waals surface area contributed by atoms with Crippen LogP contribution in [-0.4, -0.2) is 49.8 Å². The van der Waals surface area contributed by atoms with Gasteiger partial charge in [-0.2, -0.15) is 4.98 Å². The molecule has 0 spiro atoms. The molecule has 1 aromatic carbocycles. The van der Waals surface area contributed by atoms with Gasteiger partial charge in [-0.3, -0.25) is 0 Å². The lowest BCUT2D eigenvalue weighted by Crippen LogP contribution is -2.48. The second-order valence-corrected chi connectivity index (χ2v) is 11.0. The molecule has 3 N–H and O–H groups in total. The highest BCUT2D eigenvalue weighted by Crippen LogP contribution is 2.30. The average Bonchev–Trinajstić information content (AvgIpc) is 3.04. The molecule has 1 aliphatic carbocycles. The van der Waals surface area contributed by atoms with E-state index in [9.17, 15) is 8.42 Å². The van der Waals surface area contributed by atoms with Gasteiger partial charge in [-0.25, -0.2) is 23.0 Å². The Morgan fingerprint density at radius 3 is 2.62 bits per heavy atom. The third-order valence-electron chi connectivity index (χ3n) is 6.20. The van der Waals surface area contributed by atoms with E-state index in [4.69, 9.17) is 16.6 Å². The van der Waals surface area contributed by atoms with Crippen LogP contribution in [0.1, 0.15) is 43.7 Å². The van der Waals surface area contributed by atoms with Crippen LogP contribution < -0.4 is 20.3 Å². The van der Waals surface area contributed by atoms with E-state index in [0.717, 1.165) is 57.3 Å². The van der Waals surface area contributed by atoms with Crippen LogP contribution in [0, 0.1) is 12.0 Å². The van der Waals surface area contributed by atoms with Crippen molar-refractivity contribution in [2.45, 2.75) is 57.5 Å². The largest absolute Gasteiger partial charge is 0.364 e. The average molecular weight is 503 g/mol. The molecule has 2 heterocycles. The number of hydrogen-bond donors (Lipinski definition) is 3. The Kier molecular flexibility index (Phi) is 7.94. The molecule has 4 rings (SSSR count). The zero-order chi connectivity index (χ0) is 24.1. The summed E-state index contributed by atoms with van der Waals surface area (Å²) in [7, 11) is -3.32. The number of nitrogens with one attached hydrogen (secondary N) is 3. The van der Waals surface area contributed by atoms with E-state index in [1.54, 1.807) is 18.0 Å². The van der Waals surface area contributed by atoms with Crippen molar-refractivity contribution in [1.82, 2.24) is 20.0 Å². The van der Waals surface area contributed by atoms with E-state index in [2.05, 4.69) is 44.4 Å². The summed E-state index contributed by atoms with van der Waals surface area (Å²) in [6.07, 6.45) is 8.27. The summed E-state index contributed by atoms with van der Waals surface area (Å²) in [6, 6.07) is 9.13. The van der Waals surface area contributed by atoms with Gasteiger partial charge in [0.1, 0.15) is 5.02 Å². The molecule has 2 aliphatic rings. The number of sulfonamides is 1. The molecule has 10 heteroatoms. The molecular formula is C24H31ClN6O2S. The van der Waals surface area contributed by atoms with Crippen molar-refractivity contribution in [2.75, 3.05) is 29.6 Å². The van der Waals surface area contributed by atoms with Crippen LogP contribution in [-0.2, 0) is 22.9 Å². The van der Waals surface area contributed by atoms with Gasteiger partial charge >= 0.3 is 0 Å². The molecule has 8 nitrogen and oxygen atoms in total. The van der Waals surface area contributed by atoms with Crippen LogP contribution >= 0.6 is 11.6 Å². The number of nitrogens with zero attached hydrogens (tertiary/aromatic N) is 3. The molecule has 0 saturated heterocycles. The normalized spacial score (nSPS) is 20.4. The Bertz CT molecular complexity index is 1190. The van der Waals surface area contributed by atoms with Crippen LogP contribution in [0.15, 0.2) is 24.4 Å². The van der Waals surface area contributed by atoms with Gasteiger partial charge in [0.25, 0.3) is 0 Å². The molecular weight excluding hydrogens is 472 g/mol. The lowest BCUT2D eigenvalue weighted by atomic mass is 9.91. The molecule has 34 heavy (non-hydrogen) atoms. The fraction of sp³-hybridized carbons (Fsp3) is 0.500. The van der Waals surface area contributed by atoms with Gasteiger partial charge in [0, 0.05) is 18.1 Å². The molecule has 0 bridgehead atoms. The van der Waals surface area contributed by atoms with E-state index in [1.807, 2.05) is 6.07 Å². The van der Waals surface area contributed by atoms with Gasteiger partial charge in [0.2, 0.25) is 16.0 Å². The Hall–Kier alpha value is -2.38. The first-order valence-corrected chi connectivity index (χ1v) is 13.9. The number of anilines is 3. The van der Waals surface area contributed by atoms with Crippen molar-refractivity contribution in [2.24, 2.45) is 0 Å². The summed E-state index contributed by atoms with van der Waals surface area (Å²) >= 11 is 6.45. The third-order valence-corrected chi connectivity index (χ3v) is 7.21. The minimum Gasteiger partial charge on any atom is -0.364 e. The number of halogens is 1. The smallest absolute Gasteiger partial charge is 0.244 e. The zero-order valence-electron chi connectivity index (χ0n) is 19.6. The fourth-order valence-electron chi connectivity index (χ4n) is 4.60. The number of aromatic nitrogens is 2. The van der Waals surface area contributed by atoms with Crippen molar-refractivity contribution < 1.29 is 8.42 Å². The predicted molar refractivity (Wildman–Crippen MR) is 137 cm³/mol. The molecule has 182 valence electrons. The second kappa shape index (κ2) is 10.9. The first-order valence-electron chi connectivity index (χ1n) is 11.7. The maximum atomic E-state index is 11.8. The second-order valence-electron chi connectivity index (χ2n) is 8.80. The van der Waals surface area contributed by atoms with Crippen LogP contribution in [0.3, 0.4) is 0 Å². The maximum Gasteiger partial charge on any atom is 0.244 e. The van der Waals surface area contributed by atoms with E-state index in [1.165, 1.54) is 17.4 Å². The van der Waals surface area contributed by atoms with Crippen LogP contribution in [0.25, 0.3) is 0 Å². The number of benzene rings is 1.